The molecule has 2 amide bonds. The van der Waals surface area contributed by atoms with Crippen molar-refractivity contribution in [2.24, 2.45) is 11.8 Å². The highest BCUT2D eigenvalue weighted by Crippen LogP contribution is 2.39. The van der Waals surface area contributed by atoms with Crippen LogP contribution >= 0.6 is 11.6 Å². The van der Waals surface area contributed by atoms with Gasteiger partial charge >= 0.3 is 0 Å². The van der Waals surface area contributed by atoms with Gasteiger partial charge in [0.05, 0.1) is 20.1 Å². The molecule has 0 unspecified atom stereocenters. The Labute approximate surface area is 188 Å². The van der Waals surface area contributed by atoms with Crippen molar-refractivity contribution in [3.8, 4) is 11.5 Å². The molecule has 3 rings (SSSR count). The van der Waals surface area contributed by atoms with Crippen LogP contribution in [0.25, 0.3) is 0 Å². The summed E-state index contributed by atoms with van der Waals surface area (Å²) in [5, 5.41) is 3.53. The number of nitrogens with one attached hydrogen (secondary N) is 1. The summed E-state index contributed by atoms with van der Waals surface area (Å²) in [5.74, 6) is 0.871. The zero-order valence-electron chi connectivity index (χ0n) is 18.4. The van der Waals surface area contributed by atoms with Crippen LogP contribution in [0.15, 0.2) is 42.5 Å². The number of ether oxygens (including phenoxy) is 2. The van der Waals surface area contributed by atoms with E-state index in [9.17, 15) is 9.59 Å². The van der Waals surface area contributed by atoms with Gasteiger partial charge in [-0.15, -0.1) is 0 Å². The van der Waals surface area contributed by atoms with Gasteiger partial charge < -0.3 is 19.7 Å². The van der Waals surface area contributed by atoms with Crippen molar-refractivity contribution in [3.63, 3.8) is 0 Å². The maximum Gasteiger partial charge on any atom is 0.253 e. The molecule has 6 nitrogen and oxygen atoms in total. The summed E-state index contributed by atoms with van der Waals surface area (Å²) in [6, 6.07) is 12.4. The third-order valence-corrected chi connectivity index (χ3v) is 5.78. The molecule has 0 aromatic heterocycles. The van der Waals surface area contributed by atoms with Gasteiger partial charge in [0, 0.05) is 47.8 Å². The van der Waals surface area contributed by atoms with Crippen molar-refractivity contribution in [1.29, 1.82) is 0 Å². The smallest absolute Gasteiger partial charge is 0.253 e. The molecule has 1 fully saturated rings. The molecule has 0 radical (unpaired) electrons. The molecule has 0 bridgehead atoms. The molecule has 0 aliphatic carbocycles. The minimum Gasteiger partial charge on any atom is -0.497 e. The Hall–Kier alpha value is -2.73. The molecule has 1 aliphatic heterocycles. The van der Waals surface area contributed by atoms with Crippen LogP contribution < -0.4 is 14.8 Å². The Bertz CT molecular complexity index is 947. The highest BCUT2D eigenvalue weighted by molar-refractivity contribution is 6.30. The van der Waals surface area contributed by atoms with E-state index < -0.39 is 0 Å². The lowest BCUT2D eigenvalue weighted by Gasteiger charge is -2.21. The molecule has 0 saturated carbocycles. The van der Waals surface area contributed by atoms with E-state index in [1.165, 1.54) is 0 Å². The summed E-state index contributed by atoms with van der Waals surface area (Å²) in [5.41, 5.74) is 1.39. The fraction of sp³-hybridized carbons (Fsp3) is 0.417. The summed E-state index contributed by atoms with van der Waals surface area (Å²) in [6.45, 7) is 5.43. The van der Waals surface area contributed by atoms with E-state index in [-0.39, 0.29) is 23.7 Å². The fourth-order valence-corrected chi connectivity index (χ4v) is 4.11. The number of benzene rings is 2. The van der Waals surface area contributed by atoms with E-state index in [4.69, 9.17) is 21.1 Å². The molecule has 1 heterocycles. The van der Waals surface area contributed by atoms with Gasteiger partial charge in [-0.3, -0.25) is 9.59 Å². The third kappa shape index (κ3) is 5.31. The average molecular weight is 445 g/mol. The standard InChI is InChI=1S/C24H29ClN2O4/c1-15(2)12-26-23(28)21-14-27(24(29)16-6-5-7-17(25)10-16)13-20(21)19-9-8-18(30-3)11-22(19)31-4/h5-11,15,20-21H,12-14H2,1-4H3,(H,26,28)/t20-,21-/m0/s1. The van der Waals surface area contributed by atoms with Gasteiger partial charge in [-0.05, 0) is 30.2 Å². The van der Waals surface area contributed by atoms with Gasteiger partial charge in [0.15, 0.2) is 0 Å². The molecule has 2 aromatic rings. The van der Waals surface area contributed by atoms with E-state index in [2.05, 4.69) is 5.32 Å². The second kappa shape index (κ2) is 10.1. The number of rotatable bonds is 7. The molecule has 7 heteroatoms. The first kappa shape index (κ1) is 22.9. The molecule has 2 atom stereocenters. The van der Waals surface area contributed by atoms with Gasteiger partial charge in [-0.25, -0.2) is 0 Å². The van der Waals surface area contributed by atoms with E-state index >= 15 is 0 Å². The van der Waals surface area contributed by atoms with E-state index in [0.717, 1.165) is 5.56 Å². The van der Waals surface area contributed by atoms with Crippen molar-refractivity contribution in [1.82, 2.24) is 10.2 Å². The van der Waals surface area contributed by atoms with Gasteiger partial charge in [0.2, 0.25) is 5.91 Å². The van der Waals surface area contributed by atoms with Gasteiger partial charge in [-0.2, -0.15) is 0 Å². The molecular weight excluding hydrogens is 416 g/mol. The second-order valence-corrected chi connectivity index (χ2v) is 8.62. The van der Waals surface area contributed by atoms with Crippen LogP contribution in [0.2, 0.25) is 5.02 Å². The molecule has 31 heavy (non-hydrogen) atoms. The van der Waals surface area contributed by atoms with Gasteiger partial charge in [-0.1, -0.05) is 37.6 Å². The number of carbonyl (C=O) groups excluding carboxylic acids is 2. The number of amides is 2. The third-order valence-electron chi connectivity index (χ3n) is 5.54. The molecule has 2 aromatic carbocycles. The predicted molar refractivity (Wildman–Crippen MR) is 121 cm³/mol. The Kier molecular flexibility index (Phi) is 7.44. The largest absolute Gasteiger partial charge is 0.497 e. The molecule has 0 spiro atoms. The number of hydrogen-bond donors (Lipinski definition) is 1. The summed E-state index contributed by atoms with van der Waals surface area (Å²) in [4.78, 5) is 28.0. The maximum absolute atomic E-state index is 13.1. The normalized spacial score (nSPS) is 18.2. The number of carbonyl (C=O) groups is 2. The number of halogens is 1. The van der Waals surface area contributed by atoms with E-state index in [1.54, 1.807) is 49.5 Å². The summed E-state index contributed by atoms with van der Waals surface area (Å²) >= 11 is 6.08. The molecule has 1 N–H and O–H groups in total. The lowest BCUT2D eigenvalue weighted by Crippen LogP contribution is -2.37. The van der Waals surface area contributed by atoms with Gasteiger partial charge in [0.25, 0.3) is 5.91 Å². The van der Waals surface area contributed by atoms with Crippen molar-refractivity contribution in [3.05, 3.63) is 58.6 Å². The summed E-state index contributed by atoms with van der Waals surface area (Å²) in [6.07, 6.45) is 0. The van der Waals surface area contributed by atoms with Crippen LogP contribution in [0.5, 0.6) is 11.5 Å². The first-order chi connectivity index (χ1) is 14.8. The molecule has 166 valence electrons. The topological polar surface area (TPSA) is 67.9 Å². The van der Waals surface area contributed by atoms with Crippen molar-refractivity contribution in [2.75, 3.05) is 33.9 Å². The Morgan fingerprint density at radius 1 is 1.13 bits per heavy atom. The number of hydrogen-bond acceptors (Lipinski definition) is 4. The van der Waals surface area contributed by atoms with Crippen LogP contribution in [0.1, 0.15) is 35.7 Å². The van der Waals surface area contributed by atoms with Crippen LogP contribution in [0.3, 0.4) is 0 Å². The monoisotopic (exact) mass is 444 g/mol. The lowest BCUT2D eigenvalue weighted by atomic mass is 9.87. The summed E-state index contributed by atoms with van der Waals surface area (Å²) in [7, 11) is 3.19. The first-order valence-electron chi connectivity index (χ1n) is 10.4. The van der Waals surface area contributed by atoms with Gasteiger partial charge in [0.1, 0.15) is 11.5 Å². The quantitative estimate of drug-likeness (QED) is 0.701. The van der Waals surface area contributed by atoms with Crippen molar-refractivity contribution < 1.29 is 19.1 Å². The van der Waals surface area contributed by atoms with E-state index in [1.807, 2.05) is 26.0 Å². The predicted octanol–water partition coefficient (Wildman–Crippen LogP) is 3.99. The zero-order chi connectivity index (χ0) is 22.5. The molecule has 1 saturated heterocycles. The number of likely N-dealkylation sites (tertiary alicyclic amines) is 1. The van der Waals surface area contributed by atoms with Crippen molar-refractivity contribution >= 4 is 23.4 Å². The Morgan fingerprint density at radius 3 is 2.55 bits per heavy atom. The van der Waals surface area contributed by atoms with E-state index in [0.29, 0.717) is 47.6 Å². The van der Waals surface area contributed by atoms with Crippen LogP contribution in [-0.2, 0) is 4.79 Å². The van der Waals surface area contributed by atoms with Crippen molar-refractivity contribution in [2.45, 2.75) is 19.8 Å². The molecule has 1 aliphatic rings. The Morgan fingerprint density at radius 2 is 1.90 bits per heavy atom. The fourth-order valence-electron chi connectivity index (χ4n) is 3.92. The highest BCUT2D eigenvalue weighted by Gasteiger charge is 2.41. The van der Waals surface area contributed by atoms with Crippen LogP contribution in [0.4, 0.5) is 0 Å². The van der Waals surface area contributed by atoms with Crippen LogP contribution in [0, 0.1) is 11.8 Å². The average Bonchev–Trinajstić information content (AvgIpc) is 3.21. The molecular formula is C24H29ClN2O4. The number of methoxy groups -OCH3 is 2. The first-order valence-corrected chi connectivity index (χ1v) is 10.8. The minimum absolute atomic E-state index is 0.0574. The summed E-state index contributed by atoms with van der Waals surface area (Å²) < 4.78 is 10.9. The maximum atomic E-state index is 13.1. The SMILES string of the molecule is COc1ccc([C@@H]2CN(C(=O)c3cccc(Cl)c3)C[C@@H]2C(=O)NCC(C)C)c(OC)c1. The minimum atomic E-state index is -0.385. The van der Waals surface area contributed by atoms with Crippen LogP contribution in [-0.4, -0.2) is 50.6 Å². The number of nitrogens with zero attached hydrogens (tertiary/aromatic N) is 1. The Balaban J connectivity index is 1.92. The lowest BCUT2D eigenvalue weighted by molar-refractivity contribution is -0.125. The highest BCUT2D eigenvalue weighted by atomic mass is 35.5. The second-order valence-electron chi connectivity index (χ2n) is 8.18. The zero-order valence-corrected chi connectivity index (χ0v) is 19.1.